The Hall–Kier alpha value is 0.440. The number of nitrogens with one attached hydrogen (secondary N) is 1. The highest BCUT2D eigenvalue weighted by molar-refractivity contribution is 9.09. The standard InChI is InChI=1S/C14H24BrN/c1-9(16-2)6-14-7-10-3-11(8-14)5-12(4-10)13(14)15/h9-13,16H,3-8H2,1-2H3/t9-,10-,11+,12?,13-,14?/m0/s1. The molecule has 4 bridgehead atoms. The molecule has 16 heavy (non-hydrogen) atoms. The van der Waals surface area contributed by atoms with Gasteiger partial charge in [0, 0.05) is 10.9 Å². The van der Waals surface area contributed by atoms with E-state index in [1.807, 2.05) is 0 Å². The molecule has 0 aromatic rings. The Bertz CT molecular complexity index is 264. The van der Waals surface area contributed by atoms with Crippen molar-refractivity contribution in [3.05, 3.63) is 0 Å². The second kappa shape index (κ2) is 3.98. The van der Waals surface area contributed by atoms with Gasteiger partial charge in [0.1, 0.15) is 0 Å². The lowest BCUT2D eigenvalue weighted by molar-refractivity contribution is -0.0512. The Labute approximate surface area is 108 Å². The van der Waals surface area contributed by atoms with E-state index in [2.05, 4.69) is 35.2 Å². The second-order valence-electron chi connectivity index (χ2n) is 6.77. The number of hydrogen-bond acceptors (Lipinski definition) is 1. The van der Waals surface area contributed by atoms with Crippen LogP contribution < -0.4 is 5.32 Å². The molecule has 0 saturated heterocycles. The Morgan fingerprint density at radius 3 is 2.44 bits per heavy atom. The molecule has 0 heterocycles. The summed E-state index contributed by atoms with van der Waals surface area (Å²) in [7, 11) is 2.11. The molecule has 0 aromatic carbocycles. The maximum atomic E-state index is 4.07. The molecular weight excluding hydrogens is 262 g/mol. The van der Waals surface area contributed by atoms with Crippen LogP contribution in [0.25, 0.3) is 0 Å². The van der Waals surface area contributed by atoms with Crippen molar-refractivity contribution in [2.45, 2.75) is 56.3 Å². The molecule has 0 spiro atoms. The predicted octanol–water partition coefficient (Wildman–Crippen LogP) is 3.57. The van der Waals surface area contributed by atoms with Crippen LogP contribution in [0.5, 0.6) is 0 Å². The Morgan fingerprint density at radius 2 is 1.88 bits per heavy atom. The fraction of sp³-hybridized carbons (Fsp3) is 1.00. The lowest BCUT2D eigenvalue weighted by atomic mass is 9.48. The minimum Gasteiger partial charge on any atom is -0.317 e. The predicted molar refractivity (Wildman–Crippen MR) is 71.8 cm³/mol. The van der Waals surface area contributed by atoms with Gasteiger partial charge in [0.25, 0.3) is 0 Å². The topological polar surface area (TPSA) is 12.0 Å². The molecule has 4 rings (SSSR count). The van der Waals surface area contributed by atoms with Crippen LogP contribution in [-0.2, 0) is 0 Å². The highest BCUT2D eigenvalue weighted by Crippen LogP contribution is 2.63. The van der Waals surface area contributed by atoms with Crippen LogP contribution in [0.2, 0.25) is 0 Å². The van der Waals surface area contributed by atoms with Crippen LogP contribution in [0.3, 0.4) is 0 Å². The summed E-state index contributed by atoms with van der Waals surface area (Å²) in [6.45, 7) is 2.35. The second-order valence-corrected chi connectivity index (χ2v) is 7.75. The van der Waals surface area contributed by atoms with E-state index < -0.39 is 0 Å². The van der Waals surface area contributed by atoms with Gasteiger partial charge in [-0.2, -0.15) is 0 Å². The van der Waals surface area contributed by atoms with Gasteiger partial charge in [0.15, 0.2) is 0 Å². The van der Waals surface area contributed by atoms with Crippen LogP contribution in [0, 0.1) is 23.2 Å². The van der Waals surface area contributed by atoms with Gasteiger partial charge in [0.2, 0.25) is 0 Å². The number of alkyl halides is 1. The van der Waals surface area contributed by atoms with Gasteiger partial charge in [-0.25, -0.2) is 0 Å². The van der Waals surface area contributed by atoms with Gasteiger partial charge in [-0.3, -0.25) is 0 Å². The van der Waals surface area contributed by atoms with E-state index >= 15 is 0 Å². The Morgan fingerprint density at radius 1 is 1.25 bits per heavy atom. The molecule has 0 amide bonds. The molecule has 6 atom stereocenters. The molecule has 2 unspecified atom stereocenters. The highest BCUT2D eigenvalue weighted by Gasteiger charge is 2.56. The molecule has 1 nitrogen and oxygen atoms in total. The van der Waals surface area contributed by atoms with Crippen LogP contribution >= 0.6 is 15.9 Å². The maximum absolute atomic E-state index is 4.07. The molecule has 2 heteroatoms. The number of rotatable bonds is 3. The molecule has 92 valence electrons. The Kier molecular flexibility index (Phi) is 2.87. The summed E-state index contributed by atoms with van der Waals surface area (Å²) < 4.78 is 0. The molecule has 0 radical (unpaired) electrons. The van der Waals surface area contributed by atoms with E-state index in [1.165, 1.54) is 32.1 Å². The zero-order chi connectivity index (χ0) is 11.3. The minimum absolute atomic E-state index is 0.636. The average Bonchev–Trinajstić information content (AvgIpc) is 2.24. The highest BCUT2D eigenvalue weighted by atomic mass is 79.9. The summed E-state index contributed by atoms with van der Waals surface area (Å²) in [5, 5.41) is 3.44. The van der Waals surface area contributed by atoms with E-state index in [4.69, 9.17) is 0 Å². The largest absolute Gasteiger partial charge is 0.317 e. The van der Waals surface area contributed by atoms with Crippen molar-refractivity contribution in [2.24, 2.45) is 23.2 Å². The van der Waals surface area contributed by atoms with Gasteiger partial charge >= 0.3 is 0 Å². The first kappa shape index (κ1) is 11.5. The van der Waals surface area contributed by atoms with E-state index in [0.717, 1.165) is 22.6 Å². The van der Waals surface area contributed by atoms with E-state index in [9.17, 15) is 0 Å². The first-order valence-corrected chi connectivity index (χ1v) is 7.86. The summed E-state index contributed by atoms with van der Waals surface area (Å²) in [6, 6.07) is 0.677. The van der Waals surface area contributed by atoms with Crippen molar-refractivity contribution >= 4 is 15.9 Å². The average molecular weight is 286 g/mol. The van der Waals surface area contributed by atoms with Gasteiger partial charge in [-0.15, -0.1) is 0 Å². The zero-order valence-corrected chi connectivity index (χ0v) is 12.1. The third-order valence-corrected chi connectivity index (χ3v) is 7.25. The normalized spacial score (nSPS) is 51.9. The lowest BCUT2D eigenvalue weighted by Crippen LogP contribution is -2.55. The van der Waals surface area contributed by atoms with Crippen molar-refractivity contribution < 1.29 is 0 Å². The summed E-state index contributed by atoms with van der Waals surface area (Å²) in [6.07, 6.45) is 8.96. The third kappa shape index (κ3) is 1.68. The zero-order valence-electron chi connectivity index (χ0n) is 10.5. The SMILES string of the molecule is CN[C@@H](C)CC12C[C@@H]3CC(C[C@@H](C3)C1)[C@@H]2Br. The summed E-state index contributed by atoms with van der Waals surface area (Å²) >= 11 is 4.07. The maximum Gasteiger partial charge on any atom is 0.0231 e. The van der Waals surface area contributed by atoms with Gasteiger partial charge in [0.05, 0.1) is 0 Å². The first-order chi connectivity index (χ1) is 7.63. The van der Waals surface area contributed by atoms with Gasteiger partial charge < -0.3 is 5.32 Å². The van der Waals surface area contributed by atoms with Crippen molar-refractivity contribution in [2.75, 3.05) is 7.05 Å². The minimum atomic E-state index is 0.636. The Balaban J connectivity index is 1.82. The smallest absolute Gasteiger partial charge is 0.0231 e. The molecule has 0 aliphatic heterocycles. The van der Waals surface area contributed by atoms with Crippen molar-refractivity contribution in [1.29, 1.82) is 0 Å². The van der Waals surface area contributed by atoms with E-state index in [-0.39, 0.29) is 0 Å². The van der Waals surface area contributed by atoms with E-state index in [0.29, 0.717) is 11.5 Å². The van der Waals surface area contributed by atoms with Crippen LogP contribution in [0.1, 0.15) is 45.4 Å². The number of halogens is 1. The van der Waals surface area contributed by atoms with Crippen molar-refractivity contribution in [3.63, 3.8) is 0 Å². The molecule has 4 saturated carbocycles. The fourth-order valence-electron chi connectivity index (χ4n) is 5.14. The summed E-state index contributed by atoms with van der Waals surface area (Å²) in [4.78, 5) is 0.809. The molecular formula is C14H24BrN. The van der Waals surface area contributed by atoms with Crippen molar-refractivity contribution in [3.8, 4) is 0 Å². The molecule has 4 aliphatic carbocycles. The van der Waals surface area contributed by atoms with Crippen molar-refractivity contribution in [1.82, 2.24) is 5.32 Å². The van der Waals surface area contributed by atoms with E-state index in [1.54, 1.807) is 6.42 Å². The van der Waals surface area contributed by atoms with Crippen LogP contribution in [0.4, 0.5) is 0 Å². The van der Waals surface area contributed by atoms with Crippen LogP contribution in [-0.4, -0.2) is 17.9 Å². The summed E-state index contributed by atoms with van der Waals surface area (Å²) in [5.74, 6) is 3.13. The van der Waals surface area contributed by atoms with Gasteiger partial charge in [-0.1, -0.05) is 15.9 Å². The monoisotopic (exact) mass is 285 g/mol. The summed E-state index contributed by atoms with van der Waals surface area (Å²) in [5.41, 5.74) is 0.636. The van der Waals surface area contributed by atoms with Crippen LogP contribution in [0.15, 0.2) is 0 Å². The fourth-order valence-corrected chi connectivity index (χ4v) is 6.13. The molecule has 1 N–H and O–H groups in total. The molecule has 4 fully saturated rings. The molecule has 4 aliphatic rings. The third-order valence-electron chi connectivity index (χ3n) is 5.53. The van der Waals surface area contributed by atoms with Gasteiger partial charge in [-0.05, 0) is 75.7 Å². The number of hydrogen-bond donors (Lipinski definition) is 1. The first-order valence-electron chi connectivity index (χ1n) is 6.94. The molecule has 0 aromatic heterocycles. The quantitative estimate of drug-likeness (QED) is 0.782. The lowest BCUT2D eigenvalue weighted by Gasteiger charge is -2.60.